The average molecular weight is 343 g/mol. The van der Waals surface area contributed by atoms with Crippen molar-refractivity contribution in [2.24, 2.45) is 0 Å². The number of ether oxygens (including phenoxy) is 2. The average Bonchev–Trinajstić information content (AvgIpc) is 2.62. The second kappa shape index (κ2) is 8.45. The number of hydrogen-bond donors (Lipinski definition) is 0. The summed E-state index contributed by atoms with van der Waals surface area (Å²) in [5, 5.41) is 0. The van der Waals surface area contributed by atoms with Crippen LogP contribution in [0.15, 0.2) is 42.5 Å². The Balaban J connectivity index is 1.52. The van der Waals surface area contributed by atoms with Crippen LogP contribution in [0, 0.1) is 12.7 Å². The molecule has 1 aliphatic heterocycles. The van der Waals surface area contributed by atoms with Crippen LogP contribution in [0.3, 0.4) is 0 Å². The van der Waals surface area contributed by atoms with Crippen LogP contribution in [0.5, 0.6) is 5.75 Å². The van der Waals surface area contributed by atoms with E-state index in [9.17, 15) is 4.39 Å². The fraction of sp³-hybridized carbons (Fsp3) is 0.429. The Morgan fingerprint density at radius 1 is 1.12 bits per heavy atom. The lowest BCUT2D eigenvalue weighted by atomic mass is 10.1. The Bertz CT molecular complexity index is 687. The third kappa shape index (κ3) is 5.03. The van der Waals surface area contributed by atoms with E-state index in [1.54, 1.807) is 12.1 Å². The summed E-state index contributed by atoms with van der Waals surface area (Å²) < 4.78 is 24.9. The van der Waals surface area contributed by atoms with Crippen LogP contribution < -0.4 is 4.74 Å². The lowest BCUT2D eigenvalue weighted by Crippen LogP contribution is -2.39. The molecule has 3 nitrogen and oxygen atoms in total. The summed E-state index contributed by atoms with van der Waals surface area (Å²) >= 11 is 0. The quantitative estimate of drug-likeness (QED) is 0.779. The van der Waals surface area contributed by atoms with Gasteiger partial charge in [-0.25, -0.2) is 4.39 Å². The lowest BCUT2D eigenvalue weighted by Gasteiger charge is -2.32. The van der Waals surface area contributed by atoms with Crippen LogP contribution in [0.2, 0.25) is 0 Å². The van der Waals surface area contributed by atoms with Crippen LogP contribution in [-0.4, -0.2) is 31.2 Å². The van der Waals surface area contributed by atoms with Crippen LogP contribution in [0.25, 0.3) is 0 Å². The molecule has 1 aliphatic rings. The van der Waals surface area contributed by atoms with Crippen molar-refractivity contribution in [2.75, 3.05) is 20.2 Å². The summed E-state index contributed by atoms with van der Waals surface area (Å²) in [4.78, 5) is 2.34. The molecule has 0 N–H and O–H groups in total. The Kier molecular flexibility index (Phi) is 6.05. The van der Waals surface area contributed by atoms with E-state index in [2.05, 4.69) is 36.1 Å². The molecule has 0 radical (unpaired) electrons. The third-order valence-corrected chi connectivity index (χ3v) is 4.69. The van der Waals surface area contributed by atoms with E-state index in [-0.39, 0.29) is 11.9 Å². The Morgan fingerprint density at radius 3 is 2.60 bits per heavy atom. The third-order valence-electron chi connectivity index (χ3n) is 4.69. The normalized spacial score (nSPS) is 18.3. The number of rotatable bonds is 6. The van der Waals surface area contributed by atoms with Gasteiger partial charge in [0, 0.05) is 13.1 Å². The van der Waals surface area contributed by atoms with Crippen molar-refractivity contribution in [3.05, 3.63) is 65.0 Å². The van der Waals surface area contributed by atoms with Crippen molar-refractivity contribution >= 4 is 0 Å². The molecule has 1 atom stereocenters. The molecule has 0 spiro atoms. The van der Waals surface area contributed by atoms with Crippen LogP contribution in [0.1, 0.15) is 29.5 Å². The summed E-state index contributed by atoms with van der Waals surface area (Å²) in [6.07, 6.45) is 2.43. The van der Waals surface area contributed by atoms with Gasteiger partial charge >= 0.3 is 0 Å². The van der Waals surface area contributed by atoms with Crippen molar-refractivity contribution in [1.82, 2.24) is 4.90 Å². The predicted molar refractivity (Wildman–Crippen MR) is 97.2 cm³/mol. The number of methoxy groups -OCH3 is 1. The first kappa shape index (κ1) is 17.9. The molecular weight excluding hydrogens is 317 g/mol. The van der Waals surface area contributed by atoms with Gasteiger partial charge < -0.3 is 9.47 Å². The molecule has 2 aromatic carbocycles. The Labute approximate surface area is 149 Å². The van der Waals surface area contributed by atoms with Crippen molar-refractivity contribution in [2.45, 2.75) is 39.0 Å². The smallest absolute Gasteiger partial charge is 0.165 e. The van der Waals surface area contributed by atoms with Gasteiger partial charge in [-0.1, -0.05) is 35.9 Å². The summed E-state index contributed by atoms with van der Waals surface area (Å²) in [5.74, 6) is -0.00844. The van der Waals surface area contributed by atoms with E-state index >= 15 is 0 Å². The Morgan fingerprint density at radius 2 is 1.88 bits per heavy atom. The van der Waals surface area contributed by atoms with E-state index in [4.69, 9.17) is 9.47 Å². The SMILES string of the molecule is COc1ccc(CN2CCC[C@H](OCc3ccc(C)cc3)C2)cc1F. The van der Waals surface area contributed by atoms with Gasteiger partial charge in [0.1, 0.15) is 0 Å². The summed E-state index contributed by atoms with van der Waals surface area (Å²) in [6.45, 7) is 5.39. The van der Waals surface area contributed by atoms with Gasteiger partial charge in [0.25, 0.3) is 0 Å². The number of hydrogen-bond acceptors (Lipinski definition) is 3. The second-order valence-corrected chi connectivity index (χ2v) is 6.76. The molecule has 0 bridgehead atoms. The van der Waals surface area contributed by atoms with Crippen LogP contribution in [-0.2, 0) is 17.9 Å². The van der Waals surface area contributed by atoms with E-state index in [0.29, 0.717) is 12.4 Å². The molecular formula is C21H26FNO2. The number of halogens is 1. The molecule has 25 heavy (non-hydrogen) atoms. The Hall–Kier alpha value is -1.91. The van der Waals surface area contributed by atoms with Gasteiger partial charge in [0.2, 0.25) is 0 Å². The molecule has 0 aromatic heterocycles. The van der Waals surface area contributed by atoms with Gasteiger partial charge in [0.15, 0.2) is 11.6 Å². The first-order chi connectivity index (χ1) is 12.1. The van der Waals surface area contributed by atoms with Crippen molar-refractivity contribution in [3.8, 4) is 5.75 Å². The van der Waals surface area contributed by atoms with E-state index < -0.39 is 0 Å². The van der Waals surface area contributed by atoms with Gasteiger partial charge in [-0.05, 0) is 49.6 Å². The highest BCUT2D eigenvalue weighted by Gasteiger charge is 2.21. The molecule has 2 aromatic rings. The van der Waals surface area contributed by atoms with Gasteiger partial charge in [-0.3, -0.25) is 4.90 Å². The summed E-state index contributed by atoms with van der Waals surface area (Å²) in [6, 6.07) is 13.7. The van der Waals surface area contributed by atoms with E-state index in [0.717, 1.165) is 38.0 Å². The van der Waals surface area contributed by atoms with E-state index in [1.807, 2.05) is 6.07 Å². The molecule has 0 unspecified atom stereocenters. The summed E-state index contributed by atoms with van der Waals surface area (Å²) in [5.41, 5.74) is 3.44. The van der Waals surface area contributed by atoms with Crippen LogP contribution >= 0.6 is 0 Å². The fourth-order valence-corrected chi connectivity index (χ4v) is 3.26. The minimum atomic E-state index is -0.302. The standard InChI is InChI=1S/C21H26FNO2/c1-16-5-7-17(8-6-16)15-25-19-4-3-11-23(14-19)13-18-9-10-21(24-2)20(22)12-18/h5-10,12,19H,3-4,11,13-15H2,1-2H3/t19-/m0/s1. The maximum absolute atomic E-state index is 13.8. The molecule has 1 heterocycles. The van der Waals surface area contributed by atoms with Crippen molar-refractivity contribution in [1.29, 1.82) is 0 Å². The molecule has 1 saturated heterocycles. The zero-order valence-electron chi connectivity index (χ0n) is 15.0. The second-order valence-electron chi connectivity index (χ2n) is 6.76. The van der Waals surface area contributed by atoms with Gasteiger partial charge in [0.05, 0.1) is 19.8 Å². The largest absolute Gasteiger partial charge is 0.494 e. The molecule has 4 heteroatoms. The number of benzene rings is 2. The highest BCUT2D eigenvalue weighted by molar-refractivity contribution is 5.29. The number of piperidine rings is 1. The topological polar surface area (TPSA) is 21.7 Å². The lowest BCUT2D eigenvalue weighted by molar-refractivity contribution is -0.0120. The minimum absolute atomic E-state index is 0.234. The maximum atomic E-state index is 13.8. The number of likely N-dealkylation sites (tertiary alicyclic amines) is 1. The molecule has 0 amide bonds. The highest BCUT2D eigenvalue weighted by Crippen LogP contribution is 2.21. The molecule has 0 aliphatic carbocycles. The highest BCUT2D eigenvalue weighted by atomic mass is 19.1. The summed E-state index contributed by atoms with van der Waals surface area (Å²) in [7, 11) is 1.48. The monoisotopic (exact) mass is 343 g/mol. The first-order valence-electron chi connectivity index (χ1n) is 8.86. The van der Waals surface area contributed by atoms with Gasteiger partial charge in [-0.15, -0.1) is 0 Å². The van der Waals surface area contributed by atoms with Gasteiger partial charge in [-0.2, -0.15) is 0 Å². The number of aryl methyl sites for hydroxylation is 1. The van der Waals surface area contributed by atoms with Crippen molar-refractivity contribution < 1.29 is 13.9 Å². The first-order valence-corrected chi connectivity index (χ1v) is 8.86. The van der Waals surface area contributed by atoms with Crippen LogP contribution in [0.4, 0.5) is 4.39 Å². The molecule has 1 fully saturated rings. The molecule has 3 rings (SSSR count). The number of nitrogens with zero attached hydrogens (tertiary/aromatic N) is 1. The predicted octanol–water partition coefficient (Wildman–Crippen LogP) is 4.32. The zero-order chi connectivity index (χ0) is 17.6. The zero-order valence-corrected chi connectivity index (χ0v) is 15.0. The maximum Gasteiger partial charge on any atom is 0.165 e. The van der Waals surface area contributed by atoms with Crippen molar-refractivity contribution in [3.63, 3.8) is 0 Å². The van der Waals surface area contributed by atoms with E-state index in [1.165, 1.54) is 18.2 Å². The molecule has 0 saturated carbocycles. The minimum Gasteiger partial charge on any atom is -0.494 e. The molecule has 134 valence electrons. The fourth-order valence-electron chi connectivity index (χ4n) is 3.26.